The second-order valence-electron chi connectivity index (χ2n) is 2.43. The molecule has 0 saturated carbocycles. The van der Waals surface area contributed by atoms with Gasteiger partial charge in [0, 0.05) is 4.91 Å². The molecule has 7 heteroatoms. The predicted molar refractivity (Wildman–Crippen MR) is 36.9 cm³/mol. The summed E-state index contributed by atoms with van der Waals surface area (Å²) in [7, 11) is 0. The minimum absolute atomic E-state index is 0.421. The average Bonchev–Trinajstić information content (AvgIpc) is 2.33. The fourth-order valence-electron chi connectivity index (χ4n) is 1.03. The van der Waals surface area contributed by atoms with Gasteiger partial charge < -0.3 is 20.1 Å². The Labute approximate surface area is 67.8 Å². The minimum atomic E-state index is -1.27. The van der Waals surface area contributed by atoms with Crippen molar-refractivity contribution < 1.29 is 20.1 Å². The number of hydrogen-bond donors (Lipinski definition) is 3. The third kappa shape index (κ3) is 1.50. The summed E-state index contributed by atoms with van der Waals surface area (Å²) >= 11 is 0. The van der Waals surface area contributed by atoms with Crippen molar-refractivity contribution in [2.45, 2.75) is 24.5 Å². The van der Waals surface area contributed by atoms with E-state index in [2.05, 4.69) is 10.0 Å². The first-order chi connectivity index (χ1) is 5.70. The average molecular weight is 175 g/mol. The van der Waals surface area contributed by atoms with Crippen LogP contribution in [0.2, 0.25) is 0 Å². The van der Waals surface area contributed by atoms with Gasteiger partial charge in [0.25, 0.3) is 0 Å². The van der Waals surface area contributed by atoms with Crippen molar-refractivity contribution in [3.63, 3.8) is 0 Å². The quantitative estimate of drug-likeness (QED) is 0.275. The van der Waals surface area contributed by atoms with Crippen LogP contribution >= 0.6 is 0 Å². The number of ether oxygens (including phenoxy) is 1. The second-order valence-corrected chi connectivity index (χ2v) is 2.43. The molecule has 68 valence electrons. The van der Waals surface area contributed by atoms with Crippen LogP contribution < -0.4 is 0 Å². The molecule has 1 unspecified atom stereocenters. The van der Waals surface area contributed by atoms with Crippen molar-refractivity contribution >= 4 is 0 Å². The third-order valence-electron chi connectivity index (χ3n) is 1.68. The first-order valence-corrected chi connectivity index (χ1v) is 3.37. The molecular formula is C5H9N3O4. The standard InChI is InChI=1S/C5H9N3O4/c6-8-7-5-4(11)3(10)2(1-9)12-5/h2-5,9-11H,1H2/t2?,3-,4-,5-/m1/s1. The largest absolute Gasteiger partial charge is 0.394 e. The summed E-state index contributed by atoms with van der Waals surface area (Å²) < 4.78 is 4.81. The van der Waals surface area contributed by atoms with Gasteiger partial charge in [0.15, 0.2) is 6.23 Å². The van der Waals surface area contributed by atoms with Crippen LogP contribution in [-0.4, -0.2) is 46.5 Å². The maximum atomic E-state index is 9.14. The fourth-order valence-corrected chi connectivity index (χ4v) is 1.03. The van der Waals surface area contributed by atoms with Crippen LogP contribution in [0, 0.1) is 0 Å². The molecule has 0 amide bonds. The number of rotatable bonds is 2. The van der Waals surface area contributed by atoms with Gasteiger partial charge in [-0.15, -0.1) is 0 Å². The third-order valence-corrected chi connectivity index (χ3v) is 1.68. The lowest BCUT2D eigenvalue weighted by molar-refractivity contribution is -0.0198. The Morgan fingerprint density at radius 1 is 1.42 bits per heavy atom. The van der Waals surface area contributed by atoms with Gasteiger partial charge in [0.05, 0.1) is 6.61 Å². The highest BCUT2D eigenvalue weighted by atomic mass is 16.6. The molecule has 0 aromatic rings. The number of aliphatic hydroxyl groups is 3. The molecule has 0 aromatic heterocycles. The number of aliphatic hydroxyl groups excluding tert-OH is 3. The molecule has 4 atom stereocenters. The molecule has 1 saturated heterocycles. The molecule has 1 rings (SSSR count). The summed E-state index contributed by atoms with van der Waals surface area (Å²) in [5.74, 6) is 0. The van der Waals surface area contributed by atoms with Gasteiger partial charge in [-0.05, 0) is 5.53 Å². The van der Waals surface area contributed by atoms with E-state index >= 15 is 0 Å². The predicted octanol–water partition coefficient (Wildman–Crippen LogP) is -1.26. The smallest absolute Gasteiger partial charge is 0.165 e. The van der Waals surface area contributed by atoms with Gasteiger partial charge in [-0.1, -0.05) is 5.11 Å². The normalized spacial score (nSPS) is 40.9. The van der Waals surface area contributed by atoms with E-state index in [4.69, 9.17) is 25.6 Å². The van der Waals surface area contributed by atoms with Gasteiger partial charge in [0.1, 0.15) is 18.3 Å². The monoisotopic (exact) mass is 175 g/mol. The molecular weight excluding hydrogens is 166 g/mol. The Balaban J connectivity index is 2.66. The van der Waals surface area contributed by atoms with Crippen LogP contribution in [0.5, 0.6) is 0 Å². The van der Waals surface area contributed by atoms with E-state index in [-0.39, 0.29) is 0 Å². The summed E-state index contributed by atoms with van der Waals surface area (Å²) in [5, 5.41) is 30.0. The van der Waals surface area contributed by atoms with Crippen LogP contribution in [0.15, 0.2) is 5.11 Å². The van der Waals surface area contributed by atoms with Crippen molar-refractivity contribution in [1.29, 1.82) is 0 Å². The molecule has 1 aliphatic rings. The summed E-state index contributed by atoms with van der Waals surface area (Å²) in [4.78, 5) is 2.42. The summed E-state index contributed by atoms with van der Waals surface area (Å²) in [6, 6.07) is 0. The van der Waals surface area contributed by atoms with Gasteiger partial charge in [0.2, 0.25) is 0 Å². The van der Waals surface area contributed by atoms with E-state index in [0.29, 0.717) is 0 Å². The van der Waals surface area contributed by atoms with E-state index in [9.17, 15) is 0 Å². The van der Waals surface area contributed by atoms with Gasteiger partial charge >= 0.3 is 0 Å². The molecule has 12 heavy (non-hydrogen) atoms. The van der Waals surface area contributed by atoms with E-state index in [1.807, 2.05) is 0 Å². The molecule has 0 aromatic carbocycles. The molecule has 1 fully saturated rings. The molecule has 0 radical (unpaired) electrons. The highest BCUT2D eigenvalue weighted by molar-refractivity contribution is 4.88. The topological polar surface area (TPSA) is 119 Å². The van der Waals surface area contributed by atoms with E-state index in [0.717, 1.165) is 0 Å². The molecule has 0 bridgehead atoms. The Morgan fingerprint density at radius 3 is 2.50 bits per heavy atom. The van der Waals surface area contributed by atoms with Crippen molar-refractivity contribution in [3.05, 3.63) is 10.4 Å². The van der Waals surface area contributed by atoms with Gasteiger partial charge in [-0.2, -0.15) is 0 Å². The van der Waals surface area contributed by atoms with Crippen LogP contribution in [0.1, 0.15) is 0 Å². The first kappa shape index (κ1) is 9.24. The van der Waals surface area contributed by atoms with Crippen LogP contribution in [0.3, 0.4) is 0 Å². The zero-order valence-electron chi connectivity index (χ0n) is 6.11. The van der Waals surface area contributed by atoms with Crippen molar-refractivity contribution in [3.8, 4) is 0 Å². The number of azide groups is 1. The highest BCUT2D eigenvalue weighted by Gasteiger charge is 2.41. The lowest BCUT2D eigenvalue weighted by Crippen LogP contribution is -2.33. The van der Waals surface area contributed by atoms with Crippen molar-refractivity contribution in [2.75, 3.05) is 6.61 Å². The molecule has 0 aliphatic carbocycles. The maximum Gasteiger partial charge on any atom is 0.165 e. The molecule has 1 aliphatic heterocycles. The maximum absolute atomic E-state index is 9.14. The number of hydrogen-bond acceptors (Lipinski definition) is 5. The Hall–Kier alpha value is -0.850. The van der Waals surface area contributed by atoms with E-state index in [1.54, 1.807) is 0 Å². The zero-order valence-corrected chi connectivity index (χ0v) is 6.11. The Kier molecular flexibility index (Phi) is 2.85. The Morgan fingerprint density at radius 2 is 2.08 bits per heavy atom. The lowest BCUT2D eigenvalue weighted by atomic mass is 10.1. The molecule has 7 nitrogen and oxygen atoms in total. The van der Waals surface area contributed by atoms with E-state index in [1.165, 1.54) is 0 Å². The van der Waals surface area contributed by atoms with Gasteiger partial charge in [-0.25, -0.2) is 0 Å². The molecule has 1 heterocycles. The fraction of sp³-hybridized carbons (Fsp3) is 1.00. The second kappa shape index (κ2) is 3.70. The zero-order chi connectivity index (χ0) is 9.14. The molecule has 3 N–H and O–H groups in total. The van der Waals surface area contributed by atoms with Crippen molar-refractivity contribution in [2.24, 2.45) is 5.11 Å². The van der Waals surface area contributed by atoms with Crippen molar-refractivity contribution in [1.82, 2.24) is 0 Å². The minimum Gasteiger partial charge on any atom is -0.394 e. The van der Waals surface area contributed by atoms with Crippen LogP contribution in [-0.2, 0) is 4.74 Å². The summed E-state index contributed by atoms with van der Waals surface area (Å²) in [6.07, 6.45) is -4.46. The number of nitrogens with zero attached hydrogens (tertiary/aromatic N) is 3. The van der Waals surface area contributed by atoms with E-state index < -0.39 is 31.1 Å². The van der Waals surface area contributed by atoms with Crippen LogP contribution in [0.25, 0.3) is 10.4 Å². The first-order valence-electron chi connectivity index (χ1n) is 3.37. The highest BCUT2D eigenvalue weighted by Crippen LogP contribution is 2.21. The molecule has 0 spiro atoms. The summed E-state index contributed by atoms with van der Waals surface area (Å²) in [6.45, 7) is -0.421. The SMILES string of the molecule is [N-]=[N+]=N[C@@H]1OC(CO)[C@@H](O)[C@H]1O. The summed E-state index contributed by atoms with van der Waals surface area (Å²) in [5.41, 5.74) is 8.01. The van der Waals surface area contributed by atoms with Crippen LogP contribution in [0.4, 0.5) is 0 Å². The van der Waals surface area contributed by atoms with Gasteiger partial charge in [-0.3, -0.25) is 0 Å². The Bertz CT molecular complexity index is 205. The lowest BCUT2D eigenvalue weighted by Gasteiger charge is -2.10.